The first kappa shape index (κ1) is 18.9. The van der Waals surface area contributed by atoms with Gasteiger partial charge in [-0.25, -0.2) is 0 Å². The molecule has 0 heterocycles. The van der Waals surface area contributed by atoms with Gasteiger partial charge in [-0.3, -0.25) is 4.79 Å². The number of nitrogens with zero attached hydrogens (tertiary/aromatic N) is 1. The number of carbonyl (C=O) groups excluding carboxylic acids is 1. The van der Waals surface area contributed by atoms with E-state index in [-0.39, 0.29) is 15.6 Å². The maximum absolute atomic E-state index is 13.2. The van der Waals surface area contributed by atoms with E-state index < -0.39 is 0 Å². The lowest BCUT2D eigenvalue weighted by Gasteiger charge is -2.33. The Bertz CT molecular complexity index is 351. The minimum Gasteiger partial charge on any atom is -0.342 e. The molecule has 0 aromatic heterocycles. The number of unbranched alkanes of at least 4 members (excludes halogenated alkanes) is 2. The van der Waals surface area contributed by atoms with Crippen LogP contribution in [-0.4, -0.2) is 28.6 Å². The van der Waals surface area contributed by atoms with Gasteiger partial charge in [-0.05, 0) is 31.1 Å². The highest BCUT2D eigenvalue weighted by Gasteiger charge is 2.67. The van der Waals surface area contributed by atoms with Gasteiger partial charge in [0, 0.05) is 17.8 Å². The van der Waals surface area contributed by atoms with Crippen LogP contribution in [0.3, 0.4) is 0 Å². The van der Waals surface area contributed by atoms with E-state index in [4.69, 9.17) is 12.6 Å². The summed E-state index contributed by atoms with van der Waals surface area (Å²) in [5.41, 5.74) is -0.0551. The minimum absolute atomic E-state index is 0.0926. The SMILES string of the molecule is CCCCN(CCCC)C(=O)C1(CC(C)(C)S)CC1(C)C. The number of amides is 1. The largest absolute Gasteiger partial charge is 0.342 e. The average molecular weight is 314 g/mol. The highest BCUT2D eigenvalue weighted by Crippen LogP contribution is 2.68. The van der Waals surface area contributed by atoms with Crippen molar-refractivity contribution in [2.24, 2.45) is 10.8 Å². The molecule has 1 amide bonds. The molecule has 124 valence electrons. The van der Waals surface area contributed by atoms with Crippen molar-refractivity contribution in [3.8, 4) is 0 Å². The molecule has 0 spiro atoms. The van der Waals surface area contributed by atoms with Crippen molar-refractivity contribution in [1.29, 1.82) is 0 Å². The molecule has 0 saturated heterocycles. The number of thiol groups is 1. The van der Waals surface area contributed by atoms with Crippen molar-refractivity contribution in [1.82, 2.24) is 4.90 Å². The molecule has 0 aliphatic heterocycles. The molecule has 1 fully saturated rings. The lowest BCUT2D eigenvalue weighted by atomic mass is 9.85. The third-order valence-electron chi connectivity index (χ3n) is 4.91. The highest BCUT2D eigenvalue weighted by atomic mass is 32.1. The fourth-order valence-corrected chi connectivity index (χ4v) is 3.78. The van der Waals surface area contributed by atoms with Crippen LogP contribution in [0.4, 0.5) is 0 Å². The van der Waals surface area contributed by atoms with Gasteiger partial charge >= 0.3 is 0 Å². The molecule has 1 aliphatic carbocycles. The van der Waals surface area contributed by atoms with Gasteiger partial charge in [0.25, 0.3) is 0 Å². The first-order chi connectivity index (χ1) is 9.59. The van der Waals surface area contributed by atoms with Crippen molar-refractivity contribution >= 4 is 18.5 Å². The lowest BCUT2D eigenvalue weighted by molar-refractivity contribution is -0.139. The summed E-state index contributed by atoms with van der Waals surface area (Å²) < 4.78 is -0.0926. The van der Waals surface area contributed by atoms with E-state index in [9.17, 15) is 4.79 Å². The first-order valence-corrected chi connectivity index (χ1v) is 9.06. The molecule has 21 heavy (non-hydrogen) atoms. The van der Waals surface area contributed by atoms with E-state index in [0.717, 1.165) is 51.6 Å². The van der Waals surface area contributed by atoms with Crippen LogP contribution in [0.15, 0.2) is 0 Å². The Kier molecular flexibility index (Phi) is 6.23. The summed E-state index contributed by atoms with van der Waals surface area (Å²) in [5.74, 6) is 0.386. The molecule has 1 rings (SSSR count). The monoisotopic (exact) mass is 313 g/mol. The quantitative estimate of drug-likeness (QED) is 0.598. The van der Waals surface area contributed by atoms with Gasteiger partial charge in [0.2, 0.25) is 5.91 Å². The van der Waals surface area contributed by atoms with Crippen molar-refractivity contribution < 1.29 is 4.79 Å². The Morgan fingerprint density at radius 3 is 1.86 bits per heavy atom. The zero-order valence-corrected chi connectivity index (χ0v) is 15.9. The van der Waals surface area contributed by atoms with E-state index in [0.29, 0.717) is 5.91 Å². The summed E-state index contributed by atoms with van der Waals surface area (Å²) in [6, 6.07) is 0. The Morgan fingerprint density at radius 2 is 1.57 bits per heavy atom. The summed E-state index contributed by atoms with van der Waals surface area (Å²) in [6.45, 7) is 14.9. The molecular weight excluding hydrogens is 278 g/mol. The van der Waals surface area contributed by atoms with Crippen LogP contribution in [0.5, 0.6) is 0 Å². The third-order valence-corrected chi connectivity index (χ3v) is 5.07. The Hall–Kier alpha value is -0.180. The average Bonchev–Trinajstić information content (AvgIpc) is 2.89. The predicted molar refractivity (Wildman–Crippen MR) is 94.9 cm³/mol. The van der Waals surface area contributed by atoms with Crippen LogP contribution in [0.2, 0.25) is 0 Å². The summed E-state index contributed by atoms with van der Waals surface area (Å²) >= 11 is 4.70. The Balaban J connectivity index is 2.87. The first-order valence-electron chi connectivity index (χ1n) is 8.61. The second kappa shape index (κ2) is 6.93. The van der Waals surface area contributed by atoms with Crippen LogP contribution in [0.1, 0.15) is 80.1 Å². The summed E-state index contributed by atoms with van der Waals surface area (Å²) in [4.78, 5) is 15.4. The van der Waals surface area contributed by atoms with E-state index >= 15 is 0 Å². The van der Waals surface area contributed by atoms with Crippen molar-refractivity contribution in [2.75, 3.05) is 13.1 Å². The smallest absolute Gasteiger partial charge is 0.229 e. The molecule has 3 heteroatoms. The van der Waals surface area contributed by atoms with E-state index in [2.05, 4.69) is 46.4 Å². The number of carbonyl (C=O) groups is 1. The standard InChI is InChI=1S/C18H35NOS/c1-7-9-11-19(12-10-8-2)15(20)18(13-16(18,3)4)14-17(5,6)21/h21H,7-14H2,1-6H3. The highest BCUT2D eigenvalue weighted by molar-refractivity contribution is 7.81. The molecule has 0 aromatic rings. The van der Waals surface area contributed by atoms with Gasteiger partial charge in [-0.1, -0.05) is 54.4 Å². The van der Waals surface area contributed by atoms with Gasteiger partial charge < -0.3 is 4.90 Å². The van der Waals surface area contributed by atoms with Crippen molar-refractivity contribution in [3.05, 3.63) is 0 Å². The lowest BCUT2D eigenvalue weighted by Crippen LogP contribution is -2.42. The molecular formula is C18H35NOS. The van der Waals surface area contributed by atoms with Gasteiger partial charge in [0.1, 0.15) is 0 Å². The molecule has 1 saturated carbocycles. The molecule has 0 radical (unpaired) electrons. The number of hydrogen-bond donors (Lipinski definition) is 1. The number of rotatable bonds is 9. The number of hydrogen-bond acceptors (Lipinski definition) is 2. The Labute approximate surface area is 137 Å². The minimum atomic E-state index is -0.181. The van der Waals surface area contributed by atoms with Gasteiger partial charge in [-0.2, -0.15) is 12.6 Å². The van der Waals surface area contributed by atoms with E-state index in [1.165, 1.54) is 0 Å². The van der Waals surface area contributed by atoms with Crippen LogP contribution in [0, 0.1) is 10.8 Å². The second-order valence-electron chi connectivity index (χ2n) is 8.13. The topological polar surface area (TPSA) is 20.3 Å². The van der Waals surface area contributed by atoms with Gasteiger partial charge in [0.15, 0.2) is 0 Å². The molecule has 1 unspecified atom stereocenters. The van der Waals surface area contributed by atoms with E-state index in [1.807, 2.05) is 0 Å². The second-order valence-corrected chi connectivity index (χ2v) is 9.34. The normalized spacial score (nSPS) is 24.0. The Morgan fingerprint density at radius 1 is 1.14 bits per heavy atom. The van der Waals surface area contributed by atoms with Crippen LogP contribution in [0.25, 0.3) is 0 Å². The van der Waals surface area contributed by atoms with Crippen LogP contribution in [-0.2, 0) is 4.79 Å². The molecule has 0 aromatic carbocycles. The van der Waals surface area contributed by atoms with Crippen LogP contribution < -0.4 is 0 Å². The fourth-order valence-electron chi connectivity index (χ4n) is 3.51. The summed E-state index contributed by atoms with van der Waals surface area (Å²) in [7, 11) is 0. The zero-order valence-electron chi connectivity index (χ0n) is 15.0. The fraction of sp³-hybridized carbons (Fsp3) is 0.944. The maximum Gasteiger partial charge on any atom is 0.229 e. The summed E-state index contributed by atoms with van der Waals surface area (Å²) in [6.07, 6.45) is 6.39. The summed E-state index contributed by atoms with van der Waals surface area (Å²) in [5, 5.41) is 0. The van der Waals surface area contributed by atoms with Crippen LogP contribution >= 0.6 is 12.6 Å². The predicted octanol–water partition coefficient (Wildman–Crippen LogP) is 4.93. The molecule has 1 aliphatic rings. The molecule has 2 nitrogen and oxygen atoms in total. The molecule has 0 bridgehead atoms. The van der Waals surface area contributed by atoms with E-state index in [1.54, 1.807) is 0 Å². The third kappa shape index (κ3) is 4.64. The maximum atomic E-state index is 13.2. The van der Waals surface area contributed by atoms with Crippen molar-refractivity contribution in [3.63, 3.8) is 0 Å². The zero-order chi connectivity index (χ0) is 16.3. The molecule has 1 atom stereocenters. The van der Waals surface area contributed by atoms with Crippen molar-refractivity contribution in [2.45, 2.75) is 84.8 Å². The molecule has 0 N–H and O–H groups in total. The van der Waals surface area contributed by atoms with Gasteiger partial charge in [0.05, 0.1) is 5.41 Å². The van der Waals surface area contributed by atoms with Gasteiger partial charge in [-0.15, -0.1) is 0 Å².